The van der Waals surface area contributed by atoms with Gasteiger partial charge >= 0.3 is 0 Å². The van der Waals surface area contributed by atoms with Crippen molar-refractivity contribution in [3.63, 3.8) is 0 Å². The third-order valence-corrected chi connectivity index (χ3v) is 13.8. The molecular formula is C62H45NO2. The van der Waals surface area contributed by atoms with Crippen molar-refractivity contribution in [1.82, 2.24) is 0 Å². The molecule has 2 aliphatic heterocycles. The van der Waals surface area contributed by atoms with E-state index in [4.69, 9.17) is 9.47 Å². The lowest BCUT2D eigenvalue weighted by molar-refractivity contribution is 0.400. The molecule has 9 aromatic carbocycles. The number of anilines is 3. The molecule has 0 aromatic heterocycles. The monoisotopic (exact) mass is 835 g/mol. The normalized spacial score (nSPS) is 16.0. The maximum absolute atomic E-state index is 7.32. The fourth-order valence-corrected chi connectivity index (χ4v) is 11.2. The first-order valence-electron chi connectivity index (χ1n) is 22.5. The molecule has 65 heavy (non-hydrogen) atoms. The Labute approximate surface area is 380 Å². The van der Waals surface area contributed by atoms with Crippen molar-refractivity contribution in [1.29, 1.82) is 0 Å². The molecule has 0 saturated heterocycles. The number of ether oxygens (including phenoxy) is 2. The number of fused-ring (bicyclic) bond motifs is 11. The van der Waals surface area contributed by atoms with E-state index in [0.29, 0.717) is 0 Å². The Hall–Kier alpha value is -8.14. The molecule has 0 amide bonds. The van der Waals surface area contributed by atoms with Crippen LogP contribution < -0.4 is 14.4 Å². The Balaban J connectivity index is 1.15. The topological polar surface area (TPSA) is 21.7 Å². The third kappa shape index (κ3) is 5.62. The quantitative estimate of drug-likeness (QED) is 0.149. The lowest BCUT2D eigenvalue weighted by Gasteiger charge is -2.45. The van der Waals surface area contributed by atoms with Gasteiger partial charge in [0.25, 0.3) is 0 Å². The SMILES string of the molecule is C/C=C\C(=C/C)C1(c2ccccc2)c2ccccc2-c2ccc(N(c3ccc(-c4ccccc4)cc3)c3cccc4c3Oc3ccccc3C43c4ccccc4Oc4ccccc43)cc21. The molecule has 1 aliphatic carbocycles. The summed E-state index contributed by atoms with van der Waals surface area (Å²) in [6, 6.07) is 78.7. The predicted octanol–water partition coefficient (Wildman–Crippen LogP) is 16.3. The van der Waals surface area contributed by atoms with Crippen molar-refractivity contribution in [2.45, 2.75) is 24.7 Å². The number of rotatable bonds is 7. The zero-order chi connectivity index (χ0) is 43.5. The van der Waals surface area contributed by atoms with Gasteiger partial charge in [-0.15, -0.1) is 0 Å². The van der Waals surface area contributed by atoms with Gasteiger partial charge in [-0.1, -0.05) is 188 Å². The maximum atomic E-state index is 7.32. The maximum Gasteiger partial charge on any atom is 0.156 e. The summed E-state index contributed by atoms with van der Waals surface area (Å²) in [5.74, 6) is 3.29. The molecule has 1 unspecified atom stereocenters. The van der Waals surface area contributed by atoms with Crippen LogP contribution in [0, 0.1) is 0 Å². The van der Waals surface area contributed by atoms with Crippen LogP contribution in [0.15, 0.2) is 242 Å². The van der Waals surface area contributed by atoms with Gasteiger partial charge in [0.15, 0.2) is 5.75 Å². The lowest BCUT2D eigenvalue weighted by Crippen LogP contribution is -2.37. The van der Waals surface area contributed by atoms with Crippen LogP contribution in [0.5, 0.6) is 23.0 Å². The molecular weight excluding hydrogens is 791 g/mol. The number of para-hydroxylation sites is 4. The number of nitrogens with zero attached hydrogens (tertiary/aromatic N) is 1. The minimum atomic E-state index is -0.732. The molecule has 0 bridgehead atoms. The first kappa shape index (κ1) is 38.5. The number of benzene rings is 9. The van der Waals surface area contributed by atoms with Crippen LogP contribution in [0.2, 0.25) is 0 Å². The zero-order valence-corrected chi connectivity index (χ0v) is 36.3. The van der Waals surface area contributed by atoms with E-state index in [-0.39, 0.29) is 0 Å². The van der Waals surface area contributed by atoms with Crippen LogP contribution in [-0.4, -0.2) is 0 Å². The Morgan fingerprint density at radius 2 is 0.954 bits per heavy atom. The van der Waals surface area contributed by atoms with E-state index in [1.165, 1.54) is 39.0 Å². The first-order valence-corrected chi connectivity index (χ1v) is 22.5. The summed E-state index contributed by atoms with van der Waals surface area (Å²) in [5.41, 5.74) is 15.7. The second kappa shape index (κ2) is 15.3. The van der Waals surface area contributed by atoms with Crippen LogP contribution in [-0.2, 0) is 10.8 Å². The highest BCUT2D eigenvalue weighted by Gasteiger charge is 2.52. The molecule has 3 nitrogen and oxygen atoms in total. The van der Waals surface area contributed by atoms with Crippen molar-refractivity contribution in [3.8, 4) is 45.3 Å². The number of hydrogen-bond donors (Lipinski definition) is 0. The smallest absolute Gasteiger partial charge is 0.156 e. The second-order valence-corrected chi connectivity index (χ2v) is 17.0. The van der Waals surface area contributed by atoms with Crippen molar-refractivity contribution in [2.75, 3.05) is 4.90 Å². The summed E-state index contributed by atoms with van der Waals surface area (Å²) in [6.45, 7) is 4.28. The van der Waals surface area contributed by atoms with Crippen LogP contribution in [0.4, 0.5) is 17.1 Å². The molecule has 3 heteroatoms. The summed E-state index contributed by atoms with van der Waals surface area (Å²) < 4.78 is 14.0. The molecule has 0 N–H and O–H groups in total. The largest absolute Gasteiger partial charge is 0.457 e. The zero-order valence-electron chi connectivity index (χ0n) is 36.3. The van der Waals surface area contributed by atoms with Crippen molar-refractivity contribution in [3.05, 3.63) is 281 Å². The van der Waals surface area contributed by atoms with Gasteiger partial charge in [0.05, 0.1) is 16.5 Å². The molecule has 1 atom stereocenters. The molecule has 0 fully saturated rings. The fourth-order valence-electron chi connectivity index (χ4n) is 11.2. The highest BCUT2D eigenvalue weighted by atomic mass is 16.5. The molecule has 12 rings (SSSR count). The van der Waals surface area contributed by atoms with E-state index in [1.807, 2.05) is 0 Å². The summed E-state index contributed by atoms with van der Waals surface area (Å²) >= 11 is 0. The predicted molar refractivity (Wildman–Crippen MR) is 265 cm³/mol. The van der Waals surface area contributed by atoms with Crippen molar-refractivity contribution in [2.24, 2.45) is 0 Å². The summed E-state index contributed by atoms with van der Waals surface area (Å²) in [4.78, 5) is 2.40. The Bertz CT molecular complexity index is 3280. The van der Waals surface area contributed by atoms with Gasteiger partial charge < -0.3 is 14.4 Å². The van der Waals surface area contributed by atoms with E-state index < -0.39 is 10.8 Å². The Morgan fingerprint density at radius 3 is 1.60 bits per heavy atom. The van der Waals surface area contributed by atoms with Crippen LogP contribution in [0.3, 0.4) is 0 Å². The molecule has 0 saturated carbocycles. The number of allylic oxidation sites excluding steroid dienone is 4. The molecule has 2 heterocycles. The molecule has 3 aliphatic rings. The first-order chi connectivity index (χ1) is 32.2. The average molecular weight is 836 g/mol. The molecule has 0 radical (unpaired) electrons. The van der Waals surface area contributed by atoms with Crippen molar-refractivity contribution < 1.29 is 9.47 Å². The Morgan fingerprint density at radius 1 is 0.431 bits per heavy atom. The lowest BCUT2D eigenvalue weighted by atomic mass is 9.62. The molecule has 310 valence electrons. The summed E-state index contributed by atoms with van der Waals surface area (Å²) in [5, 5.41) is 0. The van der Waals surface area contributed by atoms with Crippen LogP contribution in [0.25, 0.3) is 22.3 Å². The van der Waals surface area contributed by atoms with Gasteiger partial charge in [0.1, 0.15) is 17.2 Å². The molecule has 9 aromatic rings. The standard InChI is InChI=1S/C62H45NO2/c1-3-20-44(4-2)61(45-23-9-6-10-24-45)50-26-12-11-25-48(50)49-40-39-47(41-55(49)61)63(46-37-35-43(36-38-46)42-21-7-5-8-22-42)56-31-19-30-54-60(56)65-59-34-18-15-29-53(59)62(54)51-27-13-16-32-57(51)64-58-33-17-14-28-52(58)62/h3-41H,1-2H3/b20-3-,44-4+. The Kier molecular flexibility index (Phi) is 9.06. The van der Waals surface area contributed by atoms with E-state index in [9.17, 15) is 0 Å². The van der Waals surface area contributed by atoms with E-state index in [2.05, 4.69) is 255 Å². The van der Waals surface area contributed by atoms with E-state index in [0.717, 1.165) is 67.9 Å². The second-order valence-electron chi connectivity index (χ2n) is 17.0. The average Bonchev–Trinajstić information content (AvgIpc) is 3.66. The highest BCUT2D eigenvalue weighted by molar-refractivity contribution is 5.92. The summed E-state index contributed by atoms with van der Waals surface area (Å²) in [6.07, 6.45) is 6.74. The number of hydrogen-bond acceptors (Lipinski definition) is 3. The van der Waals surface area contributed by atoms with Gasteiger partial charge in [-0.3, -0.25) is 0 Å². The van der Waals surface area contributed by atoms with Crippen LogP contribution in [0.1, 0.15) is 52.8 Å². The van der Waals surface area contributed by atoms with Gasteiger partial charge in [-0.05, 0) is 107 Å². The summed E-state index contributed by atoms with van der Waals surface area (Å²) in [7, 11) is 0. The minimum absolute atomic E-state index is 0.571. The van der Waals surface area contributed by atoms with Crippen molar-refractivity contribution >= 4 is 17.1 Å². The van der Waals surface area contributed by atoms with Gasteiger partial charge in [0, 0.05) is 33.6 Å². The highest BCUT2D eigenvalue weighted by Crippen LogP contribution is 2.64. The van der Waals surface area contributed by atoms with Gasteiger partial charge in [0.2, 0.25) is 0 Å². The van der Waals surface area contributed by atoms with E-state index >= 15 is 0 Å². The molecule has 1 spiro atoms. The van der Waals surface area contributed by atoms with E-state index in [1.54, 1.807) is 0 Å². The minimum Gasteiger partial charge on any atom is -0.457 e. The third-order valence-electron chi connectivity index (χ3n) is 13.8. The van der Waals surface area contributed by atoms with Gasteiger partial charge in [-0.2, -0.15) is 0 Å². The van der Waals surface area contributed by atoms with Gasteiger partial charge in [-0.25, -0.2) is 0 Å². The fraction of sp³-hybridized carbons (Fsp3) is 0.0645. The van der Waals surface area contributed by atoms with Crippen LogP contribution >= 0.6 is 0 Å².